The first-order chi connectivity index (χ1) is 14.8. The Labute approximate surface area is 180 Å². The molecule has 2 aromatic carbocycles. The van der Waals surface area contributed by atoms with Crippen LogP contribution in [0.2, 0.25) is 0 Å². The number of carbonyl (C=O) groups excluding carboxylic acids is 2. The fourth-order valence-corrected chi connectivity index (χ4v) is 3.32. The van der Waals surface area contributed by atoms with E-state index in [9.17, 15) is 18.0 Å². The molecule has 164 valence electrons. The average Bonchev–Trinajstić information content (AvgIpc) is 2.76. The van der Waals surface area contributed by atoms with Crippen LogP contribution in [0.25, 0.3) is 6.08 Å². The van der Waals surface area contributed by atoms with Crippen LogP contribution < -0.4 is 19.5 Å². The molecule has 10 heteroatoms. The molecule has 3 rings (SSSR count). The fourth-order valence-electron chi connectivity index (χ4n) is 2.57. The van der Waals surface area contributed by atoms with Crippen LogP contribution in [0.5, 0.6) is 11.5 Å². The van der Waals surface area contributed by atoms with Gasteiger partial charge < -0.3 is 19.5 Å². The summed E-state index contributed by atoms with van der Waals surface area (Å²) < 4.78 is 41.7. The molecule has 0 aliphatic carbocycles. The second-order valence-electron chi connectivity index (χ2n) is 6.65. The summed E-state index contributed by atoms with van der Waals surface area (Å²) in [4.78, 5) is 23.7. The molecule has 0 radical (unpaired) electrons. The number of hydrogen-bond acceptors (Lipinski definition) is 7. The van der Waals surface area contributed by atoms with Gasteiger partial charge in [0.25, 0.3) is 5.91 Å². The van der Waals surface area contributed by atoms with Crippen molar-refractivity contribution in [1.29, 1.82) is 0 Å². The van der Waals surface area contributed by atoms with Crippen LogP contribution in [0, 0.1) is 6.92 Å². The first-order valence-corrected chi connectivity index (χ1v) is 10.9. The minimum absolute atomic E-state index is 0.415. The van der Waals surface area contributed by atoms with Crippen LogP contribution in [0.1, 0.15) is 11.1 Å². The van der Waals surface area contributed by atoms with Crippen molar-refractivity contribution in [3.8, 4) is 11.5 Å². The predicted octanol–water partition coefficient (Wildman–Crippen LogP) is 1.84. The van der Waals surface area contributed by atoms with Crippen molar-refractivity contribution < 1.29 is 32.2 Å². The van der Waals surface area contributed by atoms with Gasteiger partial charge in [-0.1, -0.05) is 29.8 Å². The van der Waals surface area contributed by atoms with E-state index in [1.54, 1.807) is 30.3 Å². The van der Waals surface area contributed by atoms with Gasteiger partial charge in [0.05, 0.1) is 0 Å². The van der Waals surface area contributed by atoms with Crippen molar-refractivity contribution in [2.75, 3.05) is 31.7 Å². The lowest BCUT2D eigenvalue weighted by Gasteiger charge is -2.19. The fraction of sp³-hybridized carbons (Fsp3) is 0.238. The molecule has 2 aromatic rings. The summed E-state index contributed by atoms with van der Waals surface area (Å²) in [6.45, 7) is 1.64. The molecule has 0 saturated heterocycles. The van der Waals surface area contributed by atoms with E-state index in [0.717, 1.165) is 11.0 Å². The highest BCUT2D eigenvalue weighted by molar-refractivity contribution is 7.92. The van der Waals surface area contributed by atoms with E-state index in [2.05, 4.69) is 10.0 Å². The highest BCUT2D eigenvalue weighted by atomic mass is 32.2. The maximum atomic E-state index is 12.0. The van der Waals surface area contributed by atoms with Crippen molar-refractivity contribution in [2.24, 2.45) is 0 Å². The summed E-state index contributed by atoms with van der Waals surface area (Å²) >= 11 is 0. The summed E-state index contributed by atoms with van der Waals surface area (Å²) in [7, 11) is -3.84. The molecule has 0 aromatic heterocycles. The standard InChI is InChI=1S/C21H22N2O7S/c1-15-2-4-16(5-3-15)8-11-31(26,27)22-13-21(25)30-14-20(24)23-17-6-7-18-19(12-17)29-10-9-28-18/h2-8,11-12,22H,9-10,13-14H2,1H3,(H,23,24). The lowest BCUT2D eigenvalue weighted by atomic mass is 10.2. The van der Waals surface area contributed by atoms with Crippen LogP contribution in [0.3, 0.4) is 0 Å². The van der Waals surface area contributed by atoms with Crippen LogP contribution in [0.15, 0.2) is 47.9 Å². The van der Waals surface area contributed by atoms with Gasteiger partial charge in [0, 0.05) is 17.2 Å². The Bertz CT molecular complexity index is 1080. The number of ether oxygens (including phenoxy) is 3. The van der Waals surface area contributed by atoms with E-state index in [1.165, 1.54) is 6.08 Å². The molecule has 9 nitrogen and oxygen atoms in total. The van der Waals surface area contributed by atoms with Gasteiger partial charge in [-0.05, 0) is 30.7 Å². The van der Waals surface area contributed by atoms with Gasteiger partial charge in [-0.2, -0.15) is 0 Å². The number of rotatable bonds is 8. The number of anilines is 1. The zero-order chi connectivity index (χ0) is 22.3. The maximum Gasteiger partial charge on any atom is 0.321 e. The third-order valence-corrected chi connectivity index (χ3v) is 5.17. The van der Waals surface area contributed by atoms with E-state index in [1.807, 2.05) is 19.1 Å². The largest absolute Gasteiger partial charge is 0.486 e. The average molecular weight is 446 g/mol. The van der Waals surface area contributed by atoms with Gasteiger partial charge in [0.15, 0.2) is 18.1 Å². The minimum atomic E-state index is -3.84. The number of fused-ring (bicyclic) bond motifs is 1. The highest BCUT2D eigenvalue weighted by Gasteiger charge is 2.14. The van der Waals surface area contributed by atoms with E-state index in [4.69, 9.17) is 14.2 Å². The Morgan fingerprint density at radius 1 is 1.06 bits per heavy atom. The summed E-state index contributed by atoms with van der Waals surface area (Å²) in [5.74, 6) is -0.370. The van der Waals surface area contributed by atoms with Crippen LogP contribution in [0.4, 0.5) is 5.69 Å². The zero-order valence-corrected chi connectivity index (χ0v) is 17.6. The molecule has 0 atom stereocenters. The smallest absolute Gasteiger partial charge is 0.321 e. The Kier molecular flexibility index (Phi) is 7.27. The second-order valence-corrected chi connectivity index (χ2v) is 8.30. The third-order valence-electron chi connectivity index (χ3n) is 4.12. The number of esters is 1. The molecule has 1 heterocycles. The topological polar surface area (TPSA) is 120 Å². The third kappa shape index (κ3) is 7.12. The molecular weight excluding hydrogens is 424 g/mol. The molecule has 0 fully saturated rings. The van der Waals surface area contributed by atoms with Gasteiger partial charge in [-0.15, -0.1) is 0 Å². The molecular formula is C21H22N2O7S. The number of nitrogens with one attached hydrogen (secondary N) is 2. The number of sulfonamides is 1. The van der Waals surface area contributed by atoms with Gasteiger partial charge in [0.1, 0.15) is 19.8 Å². The van der Waals surface area contributed by atoms with Crippen molar-refractivity contribution >= 4 is 33.7 Å². The first kappa shape index (κ1) is 22.3. The molecule has 0 bridgehead atoms. The highest BCUT2D eigenvalue weighted by Crippen LogP contribution is 2.32. The molecule has 0 unspecified atom stereocenters. The van der Waals surface area contributed by atoms with Crippen LogP contribution in [-0.4, -0.2) is 46.7 Å². The number of carbonyl (C=O) groups is 2. The lowest BCUT2D eigenvalue weighted by Crippen LogP contribution is -2.31. The predicted molar refractivity (Wildman–Crippen MR) is 114 cm³/mol. The number of benzene rings is 2. The summed E-state index contributed by atoms with van der Waals surface area (Å²) in [6.07, 6.45) is 1.41. The molecule has 1 aliphatic heterocycles. The van der Waals surface area contributed by atoms with Gasteiger partial charge >= 0.3 is 5.97 Å². The van der Waals surface area contributed by atoms with Gasteiger partial charge in [0.2, 0.25) is 10.0 Å². The van der Waals surface area contributed by atoms with Crippen LogP contribution >= 0.6 is 0 Å². The lowest BCUT2D eigenvalue weighted by molar-refractivity contribution is -0.146. The quantitative estimate of drug-likeness (QED) is 0.594. The first-order valence-electron chi connectivity index (χ1n) is 9.40. The van der Waals surface area contributed by atoms with Crippen molar-refractivity contribution in [3.63, 3.8) is 0 Å². The van der Waals surface area contributed by atoms with Crippen molar-refractivity contribution in [2.45, 2.75) is 6.92 Å². The Morgan fingerprint density at radius 3 is 2.52 bits per heavy atom. The Balaban J connectivity index is 1.42. The SMILES string of the molecule is Cc1ccc(C=CS(=O)(=O)NCC(=O)OCC(=O)Nc2ccc3c(c2)OCCO3)cc1. The van der Waals surface area contributed by atoms with Crippen molar-refractivity contribution in [3.05, 3.63) is 59.0 Å². The molecule has 1 aliphatic rings. The Hall–Kier alpha value is -3.37. The van der Waals surface area contributed by atoms with Crippen LogP contribution in [-0.2, 0) is 24.3 Å². The molecule has 31 heavy (non-hydrogen) atoms. The maximum absolute atomic E-state index is 12.0. The van der Waals surface area contributed by atoms with E-state index in [0.29, 0.717) is 36.0 Å². The normalized spacial score (nSPS) is 13.1. The van der Waals surface area contributed by atoms with Gasteiger partial charge in [-0.3, -0.25) is 9.59 Å². The number of hydrogen-bond donors (Lipinski definition) is 2. The summed E-state index contributed by atoms with van der Waals surface area (Å²) in [5, 5.41) is 3.52. The van der Waals surface area contributed by atoms with E-state index < -0.39 is 35.1 Å². The Morgan fingerprint density at radius 2 is 1.77 bits per heavy atom. The second kappa shape index (κ2) is 10.1. The minimum Gasteiger partial charge on any atom is -0.486 e. The summed E-state index contributed by atoms with van der Waals surface area (Å²) in [6, 6.07) is 12.1. The molecule has 0 saturated carbocycles. The van der Waals surface area contributed by atoms with Gasteiger partial charge in [-0.25, -0.2) is 13.1 Å². The van der Waals surface area contributed by atoms with Crippen molar-refractivity contribution in [1.82, 2.24) is 4.72 Å². The molecule has 2 N–H and O–H groups in total. The molecule has 1 amide bonds. The van der Waals surface area contributed by atoms with E-state index in [-0.39, 0.29) is 0 Å². The zero-order valence-electron chi connectivity index (χ0n) is 16.8. The monoisotopic (exact) mass is 446 g/mol. The van der Waals surface area contributed by atoms with E-state index >= 15 is 0 Å². The number of amides is 1. The number of aryl methyl sites for hydroxylation is 1. The summed E-state index contributed by atoms with van der Waals surface area (Å²) in [5.41, 5.74) is 2.21. The molecule has 0 spiro atoms.